The van der Waals surface area contributed by atoms with Crippen molar-refractivity contribution in [3.63, 3.8) is 0 Å². The maximum absolute atomic E-state index is 11.8. The van der Waals surface area contributed by atoms with Gasteiger partial charge >= 0.3 is 5.97 Å². The lowest BCUT2D eigenvalue weighted by Gasteiger charge is -2.10. The van der Waals surface area contributed by atoms with E-state index < -0.39 is 28.5 Å². The Hall–Kier alpha value is -2.91. The van der Waals surface area contributed by atoms with Gasteiger partial charge in [0, 0.05) is 6.54 Å². The number of primary sulfonamides is 1. The quantitative estimate of drug-likeness (QED) is 0.588. The number of carbonyl (C=O) groups excluding carboxylic acids is 2. The van der Waals surface area contributed by atoms with Gasteiger partial charge in [0.25, 0.3) is 5.91 Å². The number of aryl methyl sites for hydroxylation is 2. The van der Waals surface area contributed by atoms with Crippen LogP contribution in [0.1, 0.15) is 16.7 Å². The van der Waals surface area contributed by atoms with Crippen molar-refractivity contribution in [2.24, 2.45) is 5.14 Å². The van der Waals surface area contributed by atoms with Crippen LogP contribution in [0.3, 0.4) is 0 Å². The third kappa shape index (κ3) is 7.55. The molecule has 0 unspecified atom stereocenters. The van der Waals surface area contributed by atoms with Crippen LogP contribution in [0.2, 0.25) is 0 Å². The Morgan fingerprint density at radius 2 is 1.72 bits per heavy atom. The van der Waals surface area contributed by atoms with Gasteiger partial charge < -0.3 is 14.8 Å². The highest BCUT2D eigenvalue weighted by molar-refractivity contribution is 7.89. The predicted octanol–water partition coefficient (Wildman–Crippen LogP) is 1.23. The van der Waals surface area contributed by atoms with Gasteiger partial charge in [0.1, 0.15) is 5.75 Å². The van der Waals surface area contributed by atoms with E-state index in [4.69, 9.17) is 14.6 Å². The molecular formula is C20H24N2O6S. The van der Waals surface area contributed by atoms with Crippen LogP contribution in [-0.2, 0) is 30.8 Å². The zero-order valence-electron chi connectivity index (χ0n) is 16.3. The molecule has 0 spiro atoms. The van der Waals surface area contributed by atoms with Gasteiger partial charge in [-0.3, -0.25) is 4.79 Å². The molecule has 0 heterocycles. The molecule has 0 aromatic heterocycles. The first kappa shape index (κ1) is 22.4. The Labute approximate surface area is 170 Å². The molecule has 2 aromatic carbocycles. The highest BCUT2D eigenvalue weighted by atomic mass is 32.2. The van der Waals surface area contributed by atoms with Crippen LogP contribution in [0, 0.1) is 13.8 Å². The Morgan fingerprint density at radius 3 is 2.38 bits per heavy atom. The summed E-state index contributed by atoms with van der Waals surface area (Å²) in [6, 6.07) is 11.7. The molecule has 0 bridgehead atoms. The van der Waals surface area contributed by atoms with Gasteiger partial charge in [0.2, 0.25) is 10.0 Å². The zero-order valence-corrected chi connectivity index (χ0v) is 17.1. The molecule has 0 aliphatic carbocycles. The largest absolute Gasteiger partial charge is 0.482 e. The molecule has 0 radical (unpaired) electrons. The number of esters is 1. The molecule has 3 N–H and O–H groups in total. The SMILES string of the molecule is Cc1ccc(C)c(OCC(=O)OCC(=O)NCCc2ccc(S(N)(=O)=O)cc2)c1. The molecule has 0 aliphatic rings. The summed E-state index contributed by atoms with van der Waals surface area (Å²) in [5.41, 5.74) is 2.74. The summed E-state index contributed by atoms with van der Waals surface area (Å²) in [7, 11) is -3.72. The number of sulfonamides is 1. The van der Waals surface area contributed by atoms with Gasteiger partial charge in [-0.2, -0.15) is 0 Å². The molecule has 8 nitrogen and oxygen atoms in total. The van der Waals surface area contributed by atoms with E-state index in [9.17, 15) is 18.0 Å². The second kappa shape index (κ2) is 10.0. The minimum absolute atomic E-state index is 0.0280. The standard InChI is InChI=1S/C20H24N2O6S/c1-14-3-4-15(2)18(11-14)27-13-20(24)28-12-19(23)22-10-9-16-5-7-17(8-6-16)29(21,25)26/h3-8,11H,9-10,12-13H2,1-2H3,(H,22,23)(H2,21,25,26). The fourth-order valence-electron chi connectivity index (χ4n) is 2.43. The normalized spacial score (nSPS) is 11.0. The topological polar surface area (TPSA) is 125 Å². The Balaban J connectivity index is 1.67. The number of hydrogen-bond donors (Lipinski definition) is 2. The van der Waals surface area contributed by atoms with Crippen LogP contribution < -0.4 is 15.2 Å². The summed E-state index contributed by atoms with van der Waals surface area (Å²) in [5, 5.41) is 7.66. The lowest BCUT2D eigenvalue weighted by Crippen LogP contribution is -2.31. The summed E-state index contributed by atoms with van der Waals surface area (Å²) in [6.07, 6.45) is 0.486. The van der Waals surface area contributed by atoms with Crippen LogP contribution in [0.25, 0.3) is 0 Å². The van der Waals surface area contributed by atoms with Crippen LogP contribution in [0.5, 0.6) is 5.75 Å². The first-order chi connectivity index (χ1) is 13.6. The van der Waals surface area contributed by atoms with E-state index in [1.165, 1.54) is 12.1 Å². The zero-order chi connectivity index (χ0) is 21.4. The number of hydrogen-bond acceptors (Lipinski definition) is 6. The molecule has 0 saturated heterocycles. The van der Waals surface area contributed by atoms with Gasteiger partial charge in [0.15, 0.2) is 13.2 Å². The van der Waals surface area contributed by atoms with Crippen molar-refractivity contribution in [3.05, 3.63) is 59.2 Å². The number of nitrogens with two attached hydrogens (primary N) is 1. The van der Waals surface area contributed by atoms with Crippen molar-refractivity contribution in [1.29, 1.82) is 0 Å². The van der Waals surface area contributed by atoms with E-state index in [2.05, 4.69) is 5.32 Å². The molecule has 2 aromatic rings. The fraction of sp³-hybridized carbons (Fsp3) is 0.300. The number of nitrogens with one attached hydrogen (secondary N) is 1. The first-order valence-corrected chi connectivity index (χ1v) is 10.4. The van der Waals surface area contributed by atoms with Gasteiger partial charge in [-0.25, -0.2) is 18.4 Å². The fourth-order valence-corrected chi connectivity index (χ4v) is 2.95. The highest BCUT2D eigenvalue weighted by Gasteiger charge is 2.10. The molecule has 156 valence electrons. The van der Waals surface area contributed by atoms with E-state index in [1.54, 1.807) is 12.1 Å². The summed E-state index contributed by atoms with van der Waals surface area (Å²) >= 11 is 0. The number of carbonyl (C=O) groups is 2. The van der Waals surface area contributed by atoms with Gasteiger partial charge in [-0.05, 0) is 55.2 Å². The highest BCUT2D eigenvalue weighted by Crippen LogP contribution is 2.18. The third-order valence-corrected chi connectivity index (χ3v) is 4.97. The second-order valence-electron chi connectivity index (χ2n) is 6.51. The second-order valence-corrected chi connectivity index (χ2v) is 8.07. The van der Waals surface area contributed by atoms with Crippen LogP contribution in [-0.4, -0.2) is 40.1 Å². The molecule has 9 heteroatoms. The number of rotatable bonds is 9. The molecule has 0 aliphatic heterocycles. The number of ether oxygens (including phenoxy) is 2. The Kier molecular flexibility index (Phi) is 7.74. The molecule has 2 rings (SSSR count). The summed E-state index contributed by atoms with van der Waals surface area (Å²) in [5.74, 6) is -0.481. The van der Waals surface area contributed by atoms with E-state index in [-0.39, 0.29) is 11.5 Å². The van der Waals surface area contributed by atoms with Crippen molar-refractivity contribution < 1.29 is 27.5 Å². The van der Waals surface area contributed by atoms with Gasteiger partial charge in [-0.1, -0.05) is 24.3 Å². The van der Waals surface area contributed by atoms with Crippen molar-refractivity contribution in [1.82, 2.24) is 5.32 Å². The van der Waals surface area contributed by atoms with Crippen molar-refractivity contribution in [2.75, 3.05) is 19.8 Å². The van der Waals surface area contributed by atoms with Gasteiger partial charge in [0.05, 0.1) is 4.90 Å². The van der Waals surface area contributed by atoms with E-state index in [0.717, 1.165) is 16.7 Å². The summed E-state index contributed by atoms with van der Waals surface area (Å²) in [4.78, 5) is 23.5. The third-order valence-electron chi connectivity index (χ3n) is 4.04. The average molecular weight is 420 g/mol. The molecule has 0 atom stereocenters. The molecule has 0 fully saturated rings. The van der Waals surface area contributed by atoms with Crippen molar-refractivity contribution in [2.45, 2.75) is 25.2 Å². The van der Waals surface area contributed by atoms with Crippen LogP contribution in [0.4, 0.5) is 0 Å². The lowest BCUT2D eigenvalue weighted by molar-refractivity contribution is -0.150. The number of amides is 1. The van der Waals surface area contributed by atoms with Gasteiger partial charge in [-0.15, -0.1) is 0 Å². The van der Waals surface area contributed by atoms with E-state index in [0.29, 0.717) is 18.7 Å². The van der Waals surface area contributed by atoms with Crippen LogP contribution >= 0.6 is 0 Å². The average Bonchev–Trinajstić information content (AvgIpc) is 2.67. The molecule has 1 amide bonds. The van der Waals surface area contributed by atoms with E-state index in [1.807, 2.05) is 32.0 Å². The predicted molar refractivity (Wildman–Crippen MR) is 107 cm³/mol. The maximum atomic E-state index is 11.8. The molecular weight excluding hydrogens is 396 g/mol. The molecule has 29 heavy (non-hydrogen) atoms. The Morgan fingerprint density at radius 1 is 1.03 bits per heavy atom. The first-order valence-electron chi connectivity index (χ1n) is 8.89. The van der Waals surface area contributed by atoms with E-state index >= 15 is 0 Å². The molecule has 0 saturated carbocycles. The smallest absolute Gasteiger partial charge is 0.344 e. The Bertz CT molecular complexity index is 971. The van der Waals surface area contributed by atoms with Crippen molar-refractivity contribution >= 4 is 21.9 Å². The monoisotopic (exact) mass is 420 g/mol. The minimum atomic E-state index is -3.72. The number of benzene rings is 2. The van der Waals surface area contributed by atoms with Crippen LogP contribution in [0.15, 0.2) is 47.4 Å². The minimum Gasteiger partial charge on any atom is -0.482 e. The summed E-state index contributed by atoms with van der Waals surface area (Å²) in [6.45, 7) is 3.41. The maximum Gasteiger partial charge on any atom is 0.344 e. The lowest BCUT2D eigenvalue weighted by atomic mass is 10.1. The summed E-state index contributed by atoms with van der Waals surface area (Å²) < 4.78 is 32.7. The van der Waals surface area contributed by atoms with Crippen molar-refractivity contribution in [3.8, 4) is 5.75 Å².